The molecule has 1 aromatic carbocycles. The number of anilines is 1. The molecule has 2 rings (SSSR count). The van der Waals surface area contributed by atoms with E-state index in [1.807, 2.05) is 56.3 Å². The number of nitrogens with one attached hydrogen (secondary N) is 2. The second-order valence-electron chi connectivity index (χ2n) is 5.36. The first-order valence-corrected chi connectivity index (χ1v) is 8.72. The first kappa shape index (κ1) is 18.5. The average molecular weight is 366 g/mol. The van der Waals surface area contributed by atoms with Gasteiger partial charge in [-0.25, -0.2) is 15.4 Å². The maximum atomic E-state index is 11.9. The number of carbonyl (C=O) groups excluding carboxylic acids is 1. The largest absolute Gasteiger partial charge is 0.363 e. The van der Waals surface area contributed by atoms with Gasteiger partial charge in [0.1, 0.15) is 5.82 Å². The number of thioether (sulfide) groups is 1. The molecule has 128 valence electrons. The van der Waals surface area contributed by atoms with E-state index in [0.29, 0.717) is 16.7 Å². The molecule has 2 N–H and O–H groups in total. The topological polar surface area (TPSA) is 70.2 Å². The van der Waals surface area contributed by atoms with Gasteiger partial charge in [-0.3, -0.25) is 10.2 Å². The van der Waals surface area contributed by atoms with E-state index in [1.54, 1.807) is 0 Å². The number of amides is 1. The van der Waals surface area contributed by atoms with Gasteiger partial charge in [-0.2, -0.15) is 0 Å². The van der Waals surface area contributed by atoms with Crippen LogP contribution in [0.3, 0.4) is 0 Å². The third kappa shape index (κ3) is 5.99. The van der Waals surface area contributed by atoms with E-state index in [-0.39, 0.29) is 11.7 Å². The lowest BCUT2D eigenvalue weighted by atomic mass is 10.2. The predicted molar refractivity (Wildman–Crippen MR) is 98.3 cm³/mol. The molecule has 0 fully saturated rings. The highest BCUT2D eigenvalue weighted by atomic mass is 35.5. The standard InChI is InChI=1S/C16H20ClN5OS/c1-11-8-14(22(2)3)20-16(19-11)24-10-15(23)21-18-9-12-4-6-13(17)7-5-12/h4-8,18H,9-10H2,1-3H3,(H,21,23). The molecular formula is C16H20ClN5OS. The summed E-state index contributed by atoms with van der Waals surface area (Å²) >= 11 is 7.13. The third-order valence-electron chi connectivity index (χ3n) is 3.04. The normalized spacial score (nSPS) is 10.5. The minimum atomic E-state index is -0.134. The van der Waals surface area contributed by atoms with Crippen LogP contribution in [0, 0.1) is 6.92 Å². The van der Waals surface area contributed by atoms with Crippen molar-refractivity contribution in [3.8, 4) is 0 Å². The summed E-state index contributed by atoms with van der Waals surface area (Å²) in [6.07, 6.45) is 0. The molecule has 8 heteroatoms. The van der Waals surface area contributed by atoms with Crippen molar-refractivity contribution < 1.29 is 4.79 Å². The Bertz CT molecular complexity index is 693. The van der Waals surface area contributed by atoms with Crippen LogP contribution in [0.5, 0.6) is 0 Å². The van der Waals surface area contributed by atoms with E-state index >= 15 is 0 Å². The van der Waals surface area contributed by atoms with Crippen LogP contribution >= 0.6 is 23.4 Å². The van der Waals surface area contributed by atoms with Crippen molar-refractivity contribution in [1.29, 1.82) is 0 Å². The quantitative estimate of drug-likeness (QED) is 0.446. The molecule has 0 aliphatic heterocycles. The highest BCUT2D eigenvalue weighted by molar-refractivity contribution is 7.99. The minimum Gasteiger partial charge on any atom is -0.363 e. The molecule has 0 unspecified atom stereocenters. The Balaban J connectivity index is 1.78. The summed E-state index contributed by atoms with van der Waals surface area (Å²) in [5.41, 5.74) is 7.46. The summed E-state index contributed by atoms with van der Waals surface area (Å²) in [5, 5.41) is 1.28. The Labute approximate surface area is 151 Å². The summed E-state index contributed by atoms with van der Waals surface area (Å²) in [5.74, 6) is 0.931. The van der Waals surface area contributed by atoms with Crippen LogP contribution in [-0.2, 0) is 11.3 Å². The Morgan fingerprint density at radius 1 is 1.25 bits per heavy atom. The van der Waals surface area contributed by atoms with Gasteiger partial charge in [-0.15, -0.1) is 0 Å². The maximum absolute atomic E-state index is 11.9. The van der Waals surface area contributed by atoms with Crippen LogP contribution in [-0.4, -0.2) is 35.7 Å². The van der Waals surface area contributed by atoms with E-state index < -0.39 is 0 Å². The molecule has 0 aliphatic carbocycles. The minimum absolute atomic E-state index is 0.134. The van der Waals surface area contributed by atoms with Crippen molar-refractivity contribution in [2.45, 2.75) is 18.6 Å². The molecular weight excluding hydrogens is 346 g/mol. The molecule has 0 aliphatic rings. The van der Waals surface area contributed by atoms with Crippen LogP contribution in [0.15, 0.2) is 35.5 Å². The number of nitrogens with zero attached hydrogens (tertiary/aromatic N) is 3. The first-order chi connectivity index (χ1) is 11.4. The number of hydrazine groups is 1. The summed E-state index contributed by atoms with van der Waals surface area (Å²) in [4.78, 5) is 22.5. The lowest BCUT2D eigenvalue weighted by Crippen LogP contribution is -2.38. The van der Waals surface area contributed by atoms with E-state index in [0.717, 1.165) is 17.1 Å². The molecule has 24 heavy (non-hydrogen) atoms. The molecule has 1 heterocycles. The molecule has 2 aromatic rings. The predicted octanol–water partition coefficient (Wildman–Crippen LogP) is 2.42. The summed E-state index contributed by atoms with van der Waals surface area (Å²) < 4.78 is 0. The monoisotopic (exact) mass is 365 g/mol. The summed E-state index contributed by atoms with van der Waals surface area (Å²) in [7, 11) is 3.84. The van der Waals surface area contributed by atoms with Gasteiger partial charge in [0.25, 0.3) is 0 Å². The van der Waals surface area contributed by atoms with Crippen LogP contribution in [0.2, 0.25) is 5.02 Å². The number of hydrogen-bond acceptors (Lipinski definition) is 6. The Kier molecular flexibility index (Phi) is 6.84. The summed E-state index contributed by atoms with van der Waals surface area (Å²) in [6.45, 7) is 2.44. The van der Waals surface area contributed by atoms with Gasteiger partial charge in [0, 0.05) is 37.4 Å². The highest BCUT2D eigenvalue weighted by Crippen LogP contribution is 2.17. The van der Waals surface area contributed by atoms with E-state index in [1.165, 1.54) is 11.8 Å². The molecule has 1 aromatic heterocycles. The Hall–Kier alpha value is -1.83. The molecule has 6 nitrogen and oxygen atoms in total. The molecule has 0 saturated carbocycles. The molecule has 0 atom stereocenters. The maximum Gasteiger partial charge on any atom is 0.244 e. The van der Waals surface area contributed by atoms with E-state index in [2.05, 4.69) is 20.8 Å². The molecule has 0 saturated heterocycles. The molecule has 0 radical (unpaired) electrons. The number of rotatable bonds is 7. The Morgan fingerprint density at radius 3 is 2.62 bits per heavy atom. The van der Waals surface area contributed by atoms with Crippen molar-refractivity contribution in [2.75, 3.05) is 24.7 Å². The summed E-state index contributed by atoms with van der Waals surface area (Å²) in [6, 6.07) is 9.33. The van der Waals surface area contributed by atoms with Crippen LogP contribution in [0.1, 0.15) is 11.3 Å². The average Bonchev–Trinajstić information content (AvgIpc) is 2.54. The van der Waals surface area contributed by atoms with Crippen LogP contribution < -0.4 is 15.8 Å². The van der Waals surface area contributed by atoms with Gasteiger partial charge in [0.15, 0.2) is 5.16 Å². The van der Waals surface area contributed by atoms with E-state index in [4.69, 9.17) is 11.6 Å². The smallest absolute Gasteiger partial charge is 0.244 e. The van der Waals surface area contributed by atoms with Gasteiger partial charge in [-0.1, -0.05) is 35.5 Å². The number of aryl methyl sites for hydroxylation is 1. The van der Waals surface area contributed by atoms with Crippen molar-refractivity contribution in [2.24, 2.45) is 0 Å². The van der Waals surface area contributed by atoms with Crippen molar-refractivity contribution in [1.82, 2.24) is 20.8 Å². The number of benzene rings is 1. The Morgan fingerprint density at radius 2 is 1.96 bits per heavy atom. The number of aromatic nitrogens is 2. The van der Waals surface area contributed by atoms with Gasteiger partial charge in [0.05, 0.1) is 5.75 Å². The van der Waals surface area contributed by atoms with E-state index in [9.17, 15) is 4.79 Å². The zero-order valence-corrected chi connectivity index (χ0v) is 15.4. The highest BCUT2D eigenvalue weighted by Gasteiger charge is 2.08. The van der Waals surface area contributed by atoms with Crippen LogP contribution in [0.4, 0.5) is 5.82 Å². The SMILES string of the molecule is Cc1cc(N(C)C)nc(SCC(=O)NNCc2ccc(Cl)cc2)n1. The lowest BCUT2D eigenvalue weighted by Gasteiger charge is -2.12. The molecule has 0 spiro atoms. The molecule has 0 bridgehead atoms. The van der Waals surface area contributed by atoms with Gasteiger partial charge in [-0.05, 0) is 24.6 Å². The second kappa shape index (κ2) is 8.86. The van der Waals surface area contributed by atoms with Gasteiger partial charge < -0.3 is 4.90 Å². The molecule has 1 amide bonds. The third-order valence-corrected chi connectivity index (χ3v) is 4.14. The lowest BCUT2D eigenvalue weighted by molar-refractivity contribution is -0.119. The fourth-order valence-corrected chi connectivity index (χ4v) is 2.66. The zero-order valence-electron chi connectivity index (χ0n) is 13.8. The second-order valence-corrected chi connectivity index (χ2v) is 6.74. The van der Waals surface area contributed by atoms with Gasteiger partial charge in [0.2, 0.25) is 5.91 Å². The number of halogens is 1. The van der Waals surface area contributed by atoms with Crippen molar-refractivity contribution in [3.63, 3.8) is 0 Å². The van der Waals surface area contributed by atoms with Crippen molar-refractivity contribution in [3.05, 3.63) is 46.6 Å². The fourth-order valence-electron chi connectivity index (χ4n) is 1.83. The fraction of sp³-hybridized carbons (Fsp3) is 0.312. The number of hydrogen-bond donors (Lipinski definition) is 2. The number of carbonyl (C=O) groups is 1. The first-order valence-electron chi connectivity index (χ1n) is 7.36. The van der Waals surface area contributed by atoms with Crippen molar-refractivity contribution >= 4 is 35.1 Å². The van der Waals surface area contributed by atoms with Gasteiger partial charge >= 0.3 is 0 Å². The zero-order chi connectivity index (χ0) is 17.5. The van der Waals surface area contributed by atoms with Crippen LogP contribution in [0.25, 0.3) is 0 Å².